The van der Waals surface area contributed by atoms with Crippen LogP contribution in [0.5, 0.6) is 0 Å². The first-order valence-electron chi connectivity index (χ1n) is 9.91. The number of hydrogen-bond acceptors (Lipinski definition) is 4. The number of carbonyl (C=O) groups is 1. The second-order valence-electron chi connectivity index (χ2n) is 7.69. The number of aryl methyl sites for hydroxylation is 1. The summed E-state index contributed by atoms with van der Waals surface area (Å²) in [5, 5.41) is 0.620. The molecule has 150 valence electrons. The minimum atomic E-state index is -0.457. The Morgan fingerprint density at radius 3 is 2.70 bits per heavy atom. The molecule has 0 spiro atoms. The first kappa shape index (κ1) is 19.2. The van der Waals surface area contributed by atoms with E-state index in [0.717, 1.165) is 35.2 Å². The molecule has 0 bridgehead atoms. The van der Waals surface area contributed by atoms with Crippen LogP contribution in [0.15, 0.2) is 69.6 Å². The van der Waals surface area contributed by atoms with Crippen LogP contribution < -0.4 is 14.9 Å². The van der Waals surface area contributed by atoms with E-state index < -0.39 is 6.04 Å². The highest BCUT2D eigenvalue weighted by atomic mass is 35.5. The molecular formula is C24H19ClN2O2S. The Morgan fingerprint density at radius 2 is 1.93 bits per heavy atom. The number of benzene rings is 2. The highest BCUT2D eigenvalue weighted by Gasteiger charge is 2.34. The maximum Gasteiger partial charge on any atom is 0.271 e. The summed E-state index contributed by atoms with van der Waals surface area (Å²) < 4.78 is 2.29. The van der Waals surface area contributed by atoms with E-state index in [0.29, 0.717) is 26.4 Å². The summed E-state index contributed by atoms with van der Waals surface area (Å²) in [4.78, 5) is 31.7. The van der Waals surface area contributed by atoms with Gasteiger partial charge in [0.25, 0.3) is 5.56 Å². The monoisotopic (exact) mass is 434 g/mol. The second-order valence-corrected chi connectivity index (χ2v) is 9.13. The fourth-order valence-corrected chi connectivity index (χ4v) is 5.33. The van der Waals surface area contributed by atoms with Gasteiger partial charge in [0.2, 0.25) is 0 Å². The molecule has 1 aromatic heterocycles. The zero-order chi connectivity index (χ0) is 20.8. The zero-order valence-electron chi connectivity index (χ0n) is 16.4. The topological polar surface area (TPSA) is 51.4 Å². The zero-order valence-corrected chi connectivity index (χ0v) is 18.0. The van der Waals surface area contributed by atoms with Gasteiger partial charge in [-0.05, 0) is 49.1 Å². The molecule has 0 saturated heterocycles. The number of nitrogens with zero attached hydrogens (tertiary/aromatic N) is 2. The molecule has 1 aliphatic heterocycles. The summed E-state index contributed by atoms with van der Waals surface area (Å²) in [6.07, 6.45) is 3.95. The number of allylic oxidation sites excluding steroid dienone is 2. The number of aromatic nitrogens is 1. The maximum atomic E-state index is 13.5. The van der Waals surface area contributed by atoms with E-state index in [9.17, 15) is 9.59 Å². The van der Waals surface area contributed by atoms with Crippen molar-refractivity contribution in [3.63, 3.8) is 0 Å². The van der Waals surface area contributed by atoms with Gasteiger partial charge in [0.15, 0.2) is 10.6 Å². The Balaban J connectivity index is 1.76. The highest BCUT2D eigenvalue weighted by molar-refractivity contribution is 7.07. The molecular weight excluding hydrogens is 416 g/mol. The van der Waals surface area contributed by atoms with Crippen LogP contribution >= 0.6 is 22.9 Å². The van der Waals surface area contributed by atoms with Crippen molar-refractivity contribution < 1.29 is 4.79 Å². The molecule has 0 N–H and O–H groups in total. The van der Waals surface area contributed by atoms with Crippen molar-refractivity contribution in [2.24, 2.45) is 4.99 Å². The van der Waals surface area contributed by atoms with Crippen molar-refractivity contribution in [2.45, 2.75) is 32.2 Å². The number of thiazole rings is 1. The fourth-order valence-electron chi connectivity index (χ4n) is 4.18. The van der Waals surface area contributed by atoms with Crippen LogP contribution in [-0.4, -0.2) is 10.4 Å². The van der Waals surface area contributed by atoms with Crippen LogP contribution in [0, 0.1) is 6.92 Å². The molecule has 30 heavy (non-hydrogen) atoms. The molecule has 3 aromatic rings. The van der Waals surface area contributed by atoms with Crippen molar-refractivity contribution in [3.8, 4) is 0 Å². The van der Waals surface area contributed by atoms with E-state index in [1.807, 2.05) is 49.4 Å². The number of Topliss-reactive ketones (excluding diaryl/α,β-unsaturated/α-hetero) is 1. The normalized spacial score (nSPS) is 18.8. The molecule has 2 aliphatic rings. The van der Waals surface area contributed by atoms with Crippen LogP contribution in [0.4, 0.5) is 0 Å². The van der Waals surface area contributed by atoms with E-state index in [-0.39, 0.29) is 11.3 Å². The lowest BCUT2D eigenvalue weighted by Gasteiger charge is -2.28. The largest absolute Gasteiger partial charge is 0.294 e. The Labute approximate surface area is 182 Å². The van der Waals surface area contributed by atoms with Crippen LogP contribution in [0.3, 0.4) is 0 Å². The molecule has 0 fully saturated rings. The van der Waals surface area contributed by atoms with Gasteiger partial charge in [-0.1, -0.05) is 64.9 Å². The number of carbonyl (C=O) groups excluding carboxylic acids is 1. The number of hydrogen-bond donors (Lipinski definition) is 0. The molecule has 0 radical (unpaired) electrons. The van der Waals surface area contributed by atoms with Crippen molar-refractivity contribution in [1.82, 2.24) is 4.57 Å². The van der Waals surface area contributed by atoms with Gasteiger partial charge in [-0.3, -0.25) is 14.2 Å². The lowest BCUT2D eigenvalue weighted by Crippen LogP contribution is -2.40. The van der Waals surface area contributed by atoms with Gasteiger partial charge in [-0.25, -0.2) is 4.99 Å². The molecule has 6 heteroatoms. The van der Waals surface area contributed by atoms with Crippen molar-refractivity contribution >= 4 is 34.8 Å². The minimum absolute atomic E-state index is 0.0768. The average molecular weight is 435 g/mol. The average Bonchev–Trinajstić information content (AvgIpc) is 3.02. The third-order valence-corrected chi connectivity index (χ3v) is 6.79. The Kier molecular flexibility index (Phi) is 4.80. The van der Waals surface area contributed by atoms with Crippen LogP contribution in [0.2, 0.25) is 5.02 Å². The molecule has 5 rings (SSSR count). The minimum Gasteiger partial charge on any atom is -0.294 e. The maximum absolute atomic E-state index is 13.5. The van der Waals surface area contributed by atoms with Crippen LogP contribution in [0.1, 0.15) is 42.0 Å². The van der Waals surface area contributed by atoms with Gasteiger partial charge in [0, 0.05) is 17.0 Å². The lowest BCUT2D eigenvalue weighted by molar-refractivity contribution is -0.116. The highest BCUT2D eigenvalue weighted by Crippen LogP contribution is 2.36. The van der Waals surface area contributed by atoms with E-state index >= 15 is 0 Å². The van der Waals surface area contributed by atoms with Crippen molar-refractivity contribution in [1.29, 1.82) is 0 Å². The molecule has 0 saturated carbocycles. The number of rotatable bonds is 2. The Hall–Kier alpha value is -2.76. The standard InChI is InChI=1S/C24H19ClN2O2S/c1-14-4-2-5-15(12-14)13-20-23(29)27-22(16-8-10-17(25)11-9-16)21-18(26-24(27)30-20)6-3-7-19(21)28/h2,4-5,8-13,22H,3,6-7H2,1H3. The molecule has 1 aliphatic carbocycles. The van der Waals surface area contributed by atoms with Crippen LogP contribution in [0.25, 0.3) is 6.08 Å². The third kappa shape index (κ3) is 3.28. The van der Waals surface area contributed by atoms with Gasteiger partial charge in [-0.15, -0.1) is 0 Å². The summed E-state index contributed by atoms with van der Waals surface area (Å²) in [5.74, 6) is 0.0768. The van der Waals surface area contributed by atoms with Gasteiger partial charge < -0.3 is 0 Å². The quantitative estimate of drug-likeness (QED) is 0.613. The summed E-state index contributed by atoms with van der Waals surface area (Å²) in [5.41, 5.74) is 4.33. The fraction of sp³-hybridized carbons (Fsp3) is 0.208. The van der Waals surface area contributed by atoms with Crippen molar-refractivity contribution in [3.05, 3.63) is 101 Å². The summed E-state index contributed by atoms with van der Waals surface area (Å²) in [7, 11) is 0. The lowest BCUT2D eigenvalue weighted by atomic mass is 9.86. The van der Waals surface area contributed by atoms with Gasteiger partial charge in [-0.2, -0.15) is 0 Å². The second kappa shape index (κ2) is 7.49. The first-order valence-corrected chi connectivity index (χ1v) is 11.1. The van der Waals surface area contributed by atoms with E-state index in [1.165, 1.54) is 11.3 Å². The first-order chi connectivity index (χ1) is 14.5. The summed E-state index contributed by atoms with van der Waals surface area (Å²) in [6.45, 7) is 2.03. The van der Waals surface area contributed by atoms with Crippen LogP contribution in [-0.2, 0) is 4.79 Å². The predicted molar refractivity (Wildman–Crippen MR) is 120 cm³/mol. The predicted octanol–water partition coefficient (Wildman–Crippen LogP) is 3.93. The molecule has 1 atom stereocenters. The smallest absolute Gasteiger partial charge is 0.271 e. The molecule has 2 heterocycles. The number of ketones is 1. The van der Waals surface area contributed by atoms with Crippen molar-refractivity contribution in [2.75, 3.05) is 0 Å². The van der Waals surface area contributed by atoms with E-state index in [4.69, 9.17) is 16.6 Å². The molecule has 1 unspecified atom stereocenters. The van der Waals surface area contributed by atoms with E-state index in [2.05, 4.69) is 0 Å². The molecule has 4 nitrogen and oxygen atoms in total. The van der Waals surface area contributed by atoms with Gasteiger partial charge in [0.05, 0.1) is 16.3 Å². The van der Waals surface area contributed by atoms with E-state index in [1.54, 1.807) is 16.7 Å². The summed E-state index contributed by atoms with van der Waals surface area (Å²) in [6, 6.07) is 15.0. The van der Waals surface area contributed by atoms with Gasteiger partial charge >= 0.3 is 0 Å². The Bertz CT molecular complexity index is 1380. The molecule has 0 amide bonds. The number of halogens is 1. The van der Waals surface area contributed by atoms with Gasteiger partial charge in [0.1, 0.15) is 0 Å². The SMILES string of the molecule is Cc1cccc(C=c2sc3n(c2=O)C(c2ccc(Cl)cc2)C2=C(CCCC2=O)N=3)c1. The third-order valence-electron chi connectivity index (χ3n) is 5.55. The number of fused-ring (bicyclic) bond motifs is 1. The molecule has 2 aromatic carbocycles. The Morgan fingerprint density at radius 1 is 1.13 bits per heavy atom. The summed E-state index contributed by atoms with van der Waals surface area (Å²) >= 11 is 7.46.